The van der Waals surface area contributed by atoms with Crippen molar-refractivity contribution in [3.63, 3.8) is 0 Å². The Bertz CT molecular complexity index is 430. The van der Waals surface area contributed by atoms with Crippen LogP contribution < -0.4 is 0 Å². The second-order valence-electron chi connectivity index (χ2n) is 6.72. The summed E-state index contributed by atoms with van der Waals surface area (Å²) < 4.78 is 0. The number of piperidine rings is 2. The highest BCUT2D eigenvalue weighted by atomic mass is 16.4. The molecule has 0 aromatic carbocycles. The number of nitrogens with zero attached hydrogens (tertiary/aromatic N) is 2. The molecule has 6 heteroatoms. The lowest BCUT2D eigenvalue weighted by atomic mass is 9.95. The normalized spacial score (nSPS) is 19.9. The van der Waals surface area contributed by atoms with Crippen LogP contribution in [0.1, 0.15) is 57.8 Å². The molecule has 0 unspecified atom stereocenters. The van der Waals surface area contributed by atoms with Crippen molar-refractivity contribution >= 4 is 17.8 Å². The van der Waals surface area contributed by atoms with Crippen LogP contribution in [0, 0.1) is 5.92 Å². The number of aliphatic carboxylic acids is 1. The molecule has 0 saturated carbocycles. The molecule has 2 aliphatic rings. The number of carbonyl (C=O) groups excluding carboxylic acids is 2. The minimum absolute atomic E-state index is 0.138. The highest BCUT2D eigenvalue weighted by molar-refractivity contribution is 5.77. The molecule has 2 amide bonds. The molecule has 2 saturated heterocycles. The maximum absolute atomic E-state index is 12.1. The van der Waals surface area contributed by atoms with E-state index in [4.69, 9.17) is 5.11 Å². The molecule has 0 bridgehead atoms. The molecule has 2 rings (SSSR count). The molecule has 0 radical (unpaired) electrons. The van der Waals surface area contributed by atoms with Crippen molar-refractivity contribution in [3.8, 4) is 0 Å². The van der Waals surface area contributed by atoms with Crippen LogP contribution in [-0.4, -0.2) is 58.9 Å². The zero-order valence-electron chi connectivity index (χ0n) is 13.8. The van der Waals surface area contributed by atoms with Crippen LogP contribution in [0.4, 0.5) is 0 Å². The number of carbonyl (C=O) groups is 3. The van der Waals surface area contributed by atoms with Crippen molar-refractivity contribution < 1.29 is 19.5 Å². The molecular formula is C17H28N2O4. The first kappa shape index (κ1) is 17.8. The average Bonchev–Trinajstić information content (AvgIpc) is 2.54. The molecule has 2 heterocycles. The van der Waals surface area contributed by atoms with Gasteiger partial charge in [-0.1, -0.05) is 0 Å². The second kappa shape index (κ2) is 8.89. The highest BCUT2D eigenvalue weighted by Crippen LogP contribution is 2.21. The van der Waals surface area contributed by atoms with Crippen molar-refractivity contribution in [3.05, 3.63) is 0 Å². The maximum Gasteiger partial charge on any atom is 0.303 e. The van der Waals surface area contributed by atoms with E-state index in [1.54, 1.807) is 0 Å². The summed E-state index contributed by atoms with van der Waals surface area (Å²) in [4.78, 5) is 38.3. The third-order valence-electron chi connectivity index (χ3n) is 4.90. The van der Waals surface area contributed by atoms with Crippen molar-refractivity contribution in [1.29, 1.82) is 0 Å². The number of rotatable bonds is 7. The van der Waals surface area contributed by atoms with Gasteiger partial charge in [0, 0.05) is 45.4 Å². The number of hydrogen-bond donors (Lipinski definition) is 1. The standard InChI is InChI=1S/C17H28N2O4/c20-15(5-1-2-7-17(22)23)18-11-8-14(9-12-18)13-19-10-4-3-6-16(19)21/h14H,1-13H2,(H,22,23). The van der Waals surface area contributed by atoms with Crippen LogP contribution in [-0.2, 0) is 14.4 Å². The topological polar surface area (TPSA) is 77.9 Å². The Morgan fingerprint density at radius 2 is 1.74 bits per heavy atom. The number of amides is 2. The van der Waals surface area contributed by atoms with Gasteiger partial charge in [-0.3, -0.25) is 14.4 Å². The molecular weight excluding hydrogens is 296 g/mol. The summed E-state index contributed by atoms with van der Waals surface area (Å²) in [6.07, 6.45) is 6.54. The van der Waals surface area contributed by atoms with E-state index in [0.717, 1.165) is 51.9 Å². The zero-order chi connectivity index (χ0) is 16.7. The third-order valence-corrected chi connectivity index (χ3v) is 4.90. The molecule has 0 spiro atoms. The maximum atomic E-state index is 12.1. The van der Waals surface area contributed by atoms with Crippen molar-refractivity contribution in [1.82, 2.24) is 9.80 Å². The lowest BCUT2D eigenvalue weighted by molar-refractivity contribution is -0.137. The number of hydrogen-bond acceptors (Lipinski definition) is 3. The first-order chi connectivity index (χ1) is 11.1. The molecule has 23 heavy (non-hydrogen) atoms. The van der Waals surface area contributed by atoms with E-state index in [9.17, 15) is 14.4 Å². The van der Waals surface area contributed by atoms with Crippen LogP contribution in [0.2, 0.25) is 0 Å². The van der Waals surface area contributed by atoms with Crippen molar-refractivity contribution in [2.75, 3.05) is 26.2 Å². The third kappa shape index (κ3) is 5.84. The van der Waals surface area contributed by atoms with Gasteiger partial charge in [-0.2, -0.15) is 0 Å². The van der Waals surface area contributed by atoms with Gasteiger partial charge >= 0.3 is 5.97 Å². The SMILES string of the molecule is O=C(O)CCCCC(=O)N1CCC(CN2CCCCC2=O)CC1. The number of unbranched alkanes of at least 4 members (excludes halogenated alkanes) is 1. The lowest BCUT2D eigenvalue weighted by Crippen LogP contribution is -2.44. The zero-order valence-corrected chi connectivity index (χ0v) is 13.8. The lowest BCUT2D eigenvalue weighted by Gasteiger charge is -2.36. The summed E-state index contributed by atoms with van der Waals surface area (Å²) in [5, 5.41) is 8.59. The van der Waals surface area contributed by atoms with Crippen molar-refractivity contribution in [2.45, 2.75) is 57.8 Å². The van der Waals surface area contributed by atoms with Gasteiger partial charge in [0.05, 0.1) is 0 Å². The number of carboxylic acid groups (broad SMARTS) is 1. The van der Waals surface area contributed by atoms with E-state index < -0.39 is 5.97 Å². The van der Waals surface area contributed by atoms with Crippen LogP contribution >= 0.6 is 0 Å². The largest absolute Gasteiger partial charge is 0.481 e. The van der Waals surface area contributed by atoms with Crippen LogP contribution in [0.5, 0.6) is 0 Å². The van der Waals surface area contributed by atoms with Crippen LogP contribution in [0.25, 0.3) is 0 Å². The van der Waals surface area contributed by atoms with Crippen molar-refractivity contribution in [2.24, 2.45) is 5.92 Å². The fourth-order valence-corrected chi connectivity index (χ4v) is 3.44. The first-order valence-corrected chi connectivity index (χ1v) is 8.83. The van der Waals surface area contributed by atoms with Crippen LogP contribution in [0.15, 0.2) is 0 Å². The Kier molecular flexibility index (Phi) is 6.86. The molecule has 0 aromatic heterocycles. The van der Waals surface area contributed by atoms with E-state index >= 15 is 0 Å². The molecule has 2 fully saturated rings. The van der Waals surface area contributed by atoms with Gasteiger partial charge in [0.15, 0.2) is 0 Å². The smallest absolute Gasteiger partial charge is 0.303 e. The fourth-order valence-electron chi connectivity index (χ4n) is 3.44. The van der Waals surface area contributed by atoms with Gasteiger partial charge in [-0.15, -0.1) is 0 Å². The van der Waals surface area contributed by atoms with Gasteiger partial charge < -0.3 is 14.9 Å². The summed E-state index contributed by atoms with van der Waals surface area (Å²) in [5.74, 6) is 0.134. The Balaban J connectivity index is 1.64. The van der Waals surface area contributed by atoms with Gasteiger partial charge in [0.1, 0.15) is 0 Å². The summed E-state index contributed by atoms with van der Waals surface area (Å²) in [7, 11) is 0. The predicted molar refractivity (Wildman–Crippen MR) is 85.8 cm³/mol. The monoisotopic (exact) mass is 324 g/mol. The Labute approximate surface area is 137 Å². The van der Waals surface area contributed by atoms with Gasteiger partial charge in [0.2, 0.25) is 11.8 Å². The minimum atomic E-state index is -0.800. The predicted octanol–water partition coefficient (Wildman–Crippen LogP) is 1.88. The average molecular weight is 324 g/mol. The van der Waals surface area contributed by atoms with Gasteiger partial charge in [0.25, 0.3) is 0 Å². The molecule has 130 valence electrons. The minimum Gasteiger partial charge on any atom is -0.481 e. The molecule has 2 aliphatic heterocycles. The van der Waals surface area contributed by atoms with E-state index in [1.165, 1.54) is 0 Å². The molecule has 0 aromatic rings. The Morgan fingerprint density at radius 3 is 2.39 bits per heavy atom. The summed E-state index contributed by atoms with van der Waals surface area (Å²) in [5.41, 5.74) is 0. The highest BCUT2D eigenvalue weighted by Gasteiger charge is 2.26. The molecule has 1 N–H and O–H groups in total. The Morgan fingerprint density at radius 1 is 1.04 bits per heavy atom. The van der Waals surface area contributed by atoms with E-state index in [0.29, 0.717) is 31.6 Å². The quantitative estimate of drug-likeness (QED) is 0.725. The summed E-state index contributed by atoms with van der Waals surface area (Å²) >= 11 is 0. The first-order valence-electron chi connectivity index (χ1n) is 8.83. The number of carboxylic acids is 1. The van der Waals surface area contributed by atoms with Gasteiger partial charge in [-0.25, -0.2) is 0 Å². The second-order valence-corrected chi connectivity index (χ2v) is 6.72. The molecule has 0 atom stereocenters. The van der Waals surface area contributed by atoms with Crippen LogP contribution in [0.3, 0.4) is 0 Å². The van der Waals surface area contributed by atoms with E-state index in [2.05, 4.69) is 0 Å². The van der Waals surface area contributed by atoms with E-state index in [-0.39, 0.29) is 18.2 Å². The molecule has 0 aliphatic carbocycles. The summed E-state index contributed by atoms with van der Waals surface area (Å²) in [6.45, 7) is 3.27. The number of likely N-dealkylation sites (tertiary alicyclic amines) is 2. The Hall–Kier alpha value is -1.59. The summed E-state index contributed by atoms with van der Waals surface area (Å²) in [6, 6.07) is 0. The molecule has 6 nitrogen and oxygen atoms in total. The fraction of sp³-hybridized carbons (Fsp3) is 0.824. The van der Waals surface area contributed by atoms with E-state index in [1.807, 2.05) is 9.80 Å². The van der Waals surface area contributed by atoms with Gasteiger partial charge in [-0.05, 0) is 44.4 Å².